The number of hydrogen-bond donors (Lipinski definition) is 1. The molecule has 0 aliphatic carbocycles. The summed E-state index contributed by atoms with van der Waals surface area (Å²) in [7, 11) is 0. The van der Waals surface area contributed by atoms with E-state index in [1.807, 2.05) is 0 Å². The first-order chi connectivity index (χ1) is 10.4. The molecule has 1 heterocycles. The summed E-state index contributed by atoms with van der Waals surface area (Å²) in [6.07, 6.45) is -4.43. The maximum absolute atomic E-state index is 13.2. The van der Waals surface area contributed by atoms with E-state index < -0.39 is 11.7 Å². The first-order valence-corrected chi connectivity index (χ1v) is 6.64. The number of nitrogens with zero attached hydrogens (tertiary/aromatic N) is 1. The number of aromatic hydroxyl groups is 1. The number of phenols is 1. The number of alkyl halides is 3. The highest BCUT2D eigenvalue weighted by atomic mass is 19.4. The first kappa shape index (κ1) is 14.4. The summed E-state index contributed by atoms with van der Waals surface area (Å²) in [4.78, 5) is 4.26. The number of benzene rings is 2. The quantitative estimate of drug-likeness (QED) is 0.691. The highest BCUT2D eigenvalue weighted by Gasteiger charge is 2.33. The van der Waals surface area contributed by atoms with Crippen LogP contribution in [0.25, 0.3) is 22.0 Å². The Morgan fingerprint density at radius 3 is 2.41 bits per heavy atom. The van der Waals surface area contributed by atoms with E-state index >= 15 is 0 Å². The molecule has 0 amide bonds. The van der Waals surface area contributed by atoms with Gasteiger partial charge in [0.05, 0.1) is 5.56 Å². The lowest BCUT2D eigenvalue weighted by atomic mass is 9.97. The van der Waals surface area contributed by atoms with Gasteiger partial charge in [0.1, 0.15) is 11.3 Å². The van der Waals surface area contributed by atoms with Crippen molar-refractivity contribution in [3.63, 3.8) is 0 Å². The SMILES string of the molecule is Cc1nc2c(O)cccc2cc1-c1ccccc1C(F)(F)F. The van der Waals surface area contributed by atoms with Crippen LogP contribution in [0.5, 0.6) is 5.75 Å². The summed E-state index contributed by atoms with van der Waals surface area (Å²) in [6, 6.07) is 11.9. The summed E-state index contributed by atoms with van der Waals surface area (Å²) in [5.74, 6) is 0.0104. The molecule has 22 heavy (non-hydrogen) atoms. The van der Waals surface area contributed by atoms with Crippen molar-refractivity contribution in [3.05, 3.63) is 59.8 Å². The molecule has 0 saturated heterocycles. The molecule has 0 unspecified atom stereocenters. The minimum Gasteiger partial charge on any atom is -0.506 e. The first-order valence-electron chi connectivity index (χ1n) is 6.64. The Morgan fingerprint density at radius 2 is 1.68 bits per heavy atom. The summed E-state index contributed by atoms with van der Waals surface area (Å²) in [5, 5.41) is 10.4. The topological polar surface area (TPSA) is 33.1 Å². The van der Waals surface area contributed by atoms with Crippen LogP contribution in [-0.4, -0.2) is 10.1 Å². The van der Waals surface area contributed by atoms with Gasteiger partial charge >= 0.3 is 6.18 Å². The van der Waals surface area contributed by atoms with Crippen molar-refractivity contribution in [1.29, 1.82) is 0 Å². The molecular weight excluding hydrogens is 291 g/mol. The van der Waals surface area contributed by atoms with Crippen LogP contribution in [0.2, 0.25) is 0 Å². The highest BCUT2D eigenvalue weighted by Crippen LogP contribution is 2.39. The van der Waals surface area contributed by atoms with Gasteiger partial charge in [-0.25, -0.2) is 4.98 Å². The average Bonchev–Trinajstić information content (AvgIpc) is 2.47. The van der Waals surface area contributed by atoms with Crippen molar-refractivity contribution in [2.24, 2.45) is 0 Å². The fourth-order valence-electron chi connectivity index (χ4n) is 2.51. The zero-order valence-corrected chi connectivity index (χ0v) is 11.6. The summed E-state index contributed by atoms with van der Waals surface area (Å²) < 4.78 is 39.6. The lowest BCUT2D eigenvalue weighted by Gasteiger charge is -2.15. The zero-order valence-electron chi connectivity index (χ0n) is 11.6. The van der Waals surface area contributed by atoms with Crippen LogP contribution in [0.1, 0.15) is 11.3 Å². The standard InChI is InChI=1S/C17H12F3NO/c1-10-13(9-11-5-4-8-15(22)16(11)21-10)12-6-2-3-7-14(12)17(18,19)20/h2-9,22H,1H3. The minimum absolute atomic E-state index is 0.0104. The smallest absolute Gasteiger partial charge is 0.417 e. The monoisotopic (exact) mass is 303 g/mol. The van der Waals surface area contributed by atoms with Gasteiger partial charge in [-0.05, 0) is 30.7 Å². The Hall–Kier alpha value is -2.56. The highest BCUT2D eigenvalue weighted by molar-refractivity contribution is 5.89. The van der Waals surface area contributed by atoms with Gasteiger partial charge in [-0.15, -0.1) is 0 Å². The predicted octanol–water partition coefficient (Wildman–Crippen LogP) is 4.93. The number of para-hydroxylation sites is 1. The van der Waals surface area contributed by atoms with Gasteiger partial charge < -0.3 is 5.11 Å². The van der Waals surface area contributed by atoms with E-state index in [1.165, 1.54) is 18.2 Å². The van der Waals surface area contributed by atoms with Crippen molar-refractivity contribution in [2.45, 2.75) is 13.1 Å². The second-order valence-electron chi connectivity index (χ2n) is 5.01. The van der Waals surface area contributed by atoms with Crippen molar-refractivity contribution in [3.8, 4) is 16.9 Å². The van der Waals surface area contributed by atoms with Crippen molar-refractivity contribution < 1.29 is 18.3 Å². The third-order valence-corrected chi connectivity index (χ3v) is 3.54. The van der Waals surface area contributed by atoms with E-state index in [0.29, 0.717) is 22.2 Å². The van der Waals surface area contributed by atoms with Gasteiger partial charge in [0.2, 0.25) is 0 Å². The van der Waals surface area contributed by atoms with Gasteiger partial charge in [-0.2, -0.15) is 13.2 Å². The molecule has 112 valence electrons. The molecule has 1 N–H and O–H groups in total. The number of aryl methyl sites for hydroxylation is 1. The second kappa shape index (κ2) is 5.02. The average molecular weight is 303 g/mol. The summed E-state index contributed by atoms with van der Waals surface area (Å²) >= 11 is 0. The number of phenolic OH excluding ortho intramolecular Hbond substituents is 1. The molecule has 0 fully saturated rings. The number of rotatable bonds is 1. The second-order valence-corrected chi connectivity index (χ2v) is 5.01. The number of aromatic nitrogens is 1. The van der Waals surface area contributed by atoms with Gasteiger partial charge in [-0.3, -0.25) is 0 Å². The van der Waals surface area contributed by atoms with Crippen LogP contribution in [0.15, 0.2) is 48.5 Å². The van der Waals surface area contributed by atoms with Crippen LogP contribution >= 0.6 is 0 Å². The van der Waals surface area contributed by atoms with E-state index in [4.69, 9.17) is 0 Å². The Kier molecular flexibility index (Phi) is 3.28. The van der Waals surface area contributed by atoms with Crippen LogP contribution in [-0.2, 0) is 6.18 Å². The molecule has 0 aliphatic heterocycles. The van der Waals surface area contributed by atoms with Crippen molar-refractivity contribution in [2.75, 3.05) is 0 Å². The Balaban J connectivity index is 2.30. The molecule has 2 aromatic carbocycles. The summed E-state index contributed by atoms with van der Waals surface area (Å²) in [6.45, 7) is 1.63. The molecule has 1 aromatic heterocycles. The zero-order chi connectivity index (χ0) is 15.9. The van der Waals surface area contributed by atoms with Crippen LogP contribution in [0.3, 0.4) is 0 Å². The largest absolute Gasteiger partial charge is 0.506 e. The van der Waals surface area contributed by atoms with Crippen molar-refractivity contribution in [1.82, 2.24) is 4.98 Å². The maximum atomic E-state index is 13.2. The van der Waals surface area contributed by atoms with E-state index in [9.17, 15) is 18.3 Å². The van der Waals surface area contributed by atoms with Gasteiger partial charge in [0.15, 0.2) is 0 Å². The molecule has 0 atom stereocenters. The van der Waals surface area contributed by atoms with Crippen LogP contribution in [0, 0.1) is 6.92 Å². The van der Waals surface area contributed by atoms with E-state index in [0.717, 1.165) is 6.07 Å². The molecule has 0 bridgehead atoms. The predicted molar refractivity (Wildman–Crippen MR) is 78.6 cm³/mol. The number of fused-ring (bicyclic) bond motifs is 1. The fraction of sp³-hybridized carbons (Fsp3) is 0.118. The Morgan fingerprint density at radius 1 is 0.955 bits per heavy atom. The van der Waals surface area contributed by atoms with E-state index in [1.54, 1.807) is 31.2 Å². The number of hydrogen-bond acceptors (Lipinski definition) is 2. The molecule has 0 saturated carbocycles. The molecule has 0 radical (unpaired) electrons. The molecule has 3 aromatic rings. The third-order valence-electron chi connectivity index (χ3n) is 3.54. The number of halogens is 3. The Labute approximate surface area is 124 Å². The van der Waals surface area contributed by atoms with Gasteiger partial charge in [-0.1, -0.05) is 30.3 Å². The molecule has 3 rings (SSSR count). The molecular formula is C17H12F3NO. The van der Waals surface area contributed by atoms with Crippen LogP contribution < -0.4 is 0 Å². The normalized spacial score (nSPS) is 11.8. The third kappa shape index (κ3) is 2.39. The van der Waals surface area contributed by atoms with Gasteiger partial charge in [0, 0.05) is 16.6 Å². The lowest BCUT2D eigenvalue weighted by molar-refractivity contribution is -0.137. The van der Waals surface area contributed by atoms with Crippen molar-refractivity contribution >= 4 is 10.9 Å². The van der Waals surface area contributed by atoms with E-state index in [-0.39, 0.29) is 11.3 Å². The lowest BCUT2D eigenvalue weighted by Crippen LogP contribution is -2.07. The molecule has 0 aliphatic rings. The molecule has 5 heteroatoms. The van der Waals surface area contributed by atoms with Gasteiger partial charge in [0.25, 0.3) is 0 Å². The minimum atomic E-state index is -4.43. The summed E-state index contributed by atoms with van der Waals surface area (Å²) in [5.41, 5.74) is 0.620. The number of pyridine rings is 1. The van der Waals surface area contributed by atoms with E-state index in [2.05, 4.69) is 4.98 Å². The molecule has 2 nitrogen and oxygen atoms in total. The Bertz CT molecular complexity index is 856. The molecule has 0 spiro atoms. The fourth-order valence-corrected chi connectivity index (χ4v) is 2.51. The maximum Gasteiger partial charge on any atom is 0.417 e. The van der Waals surface area contributed by atoms with Crippen LogP contribution in [0.4, 0.5) is 13.2 Å².